The van der Waals surface area contributed by atoms with Gasteiger partial charge in [-0.15, -0.1) is 0 Å². The number of carbonyl (C=O) groups excluding carboxylic acids is 2. The first kappa shape index (κ1) is 25.6. The van der Waals surface area contributed by atoms with Crippen LogP contribution < -0.4 is 15.5 Å². The first-order chi connectivity index (χ1) is 16.5. The second kappa shape index (κ2) is 11.8. The SMILES string of the molecule is C=O.C=O.COc1ncc(-c2ccc3ncc(=N)n(C(C)=N)c3c2)cc1Nc1ccc(C)cc1. The van der Waals surface area contributed by atoms with E-state index in [2.05, 4.69) is 15.3 Å². The molecule has 4 rings (SSSR count). The van der Waals surface area contributed by atoms with Gasteiger partial charge in [-0.2, -0.15) is 0 Å². The molecule has 0 fully saturated rings. The number of rotatable bonds is 4. The lowest BCUT2D eigenvalue weighted by atomic mass is 10.1. The van der Waals surface area contributed by atoms with E-state index < -0.39 is 0 Å². The topological polar surface area (TPSA) is 134 Å². The number of aromatic nitrogens is 3. The number of benzene rings is 2. The van der Waals surface area contributed by atoms with E-state index in [4.69, 9.17) is 25.1 Å². The first-order valence-corrected chi connectivity index (χ1v) is 10.0. The zero-order chi connectivity index (χ0) is 25.3. The van der Waals surface area contributed by atoms with Crippen molar-refractivity contribution in [1.29, 1.82) is 10.8 Å². The van der Waals surface area contributed by atoms with E-state index in [1.54, 1.807) is 24.8 Å². The summed E-state index contributed by atoms with van der Waals surface area (Å²) in [6.07, 6.45) is 3.21. The number of aryl methyl sites for hydroxylation is 1. The lowest BCUT2D eigenvalue weighted by Gasteiger charge is -2.14. The normalized spacial score (nSPS) is 9.74. The van der Waals surface area contributed by atoms with Crippen molar-refractivity contribution in [3.63, 3.8) is 0 Å². The van der Waals surface area contributed by atoms with E-state index in [9.17, 15) is 0 Å². The molecule has 0 aliphatic carbocycles. The van der Waals surface area contributed by atoms with Crippen LogP contribution >= 0.6 is 0 Å². The molecule has 0 unspecified atom stereocenters. The molecule has 0 bridgehead atoms. The molecule has 0 spiro atoms. The summed E-state index contributed by atoms with van der Waals surface area (Å²) >= 11 is 0. The van der Waals surface area contributed by atoms with E-state index in [1.165, 1.54) is 11.8 Å². The third-order valence-corrected chi connectivity index (χ3v) is 4.83. The number of hydrogen-bond acceptors (Lipinski definition) is 8. The molecule has 0 aliphatic heterocycles. The Morgan fingerprint density at radius 3 is 2.26 bits per heavy atom. The Morgan fingerprint density at radius 2 is 1.65 bits per heavy atom. The van der Waals surface area contributed by atoms with Crippen LogP contribution in [0.25, 0.3) is 22.2 Å². The summed E-state index contributed by atoms with van der Waals surface area (Å²) in [7, 11) is 1.59. The van der Waals surface area contributed by atoms with Crippen LogP contribution in [0.4, 0.5) is 11.4 Å². The van der Waals surface area contributed by atoms with E-state index in [-0.39, 0.29) is 11.3 Å². The second-order valence-electron chi connectivity index (χ2n) is 7.04. The molecule has 34 heavy (non-hydrogen) atoms. The third-order valence-electron chi connectivity index (χ3n) is 4.83. The van der Waals surface area contributed by atoms with E-state index in [0.29, 0.717) is 11.4 Å². The molecule has 9 nitrogen and oxygen atoms in total. The third kappa shape index (κ3) is 5.57. The van der Waals surface area contributed by atoms with Gasteiger partial charge in [0.15, 0.2) is 0 Å². The van der Waals surface area contributed by atoms with Gasteiger partial charge in [-0.25, -0.2) is 4.98 Å². The van der Waals surface area contributed by atoms with Crippen LogP contribution in [0.2, 0.25) is 0 Å². The zero-order valence-electron chi connectivity index (χ0n) is 19.3. The molecule has 9 heteroatoms. The largest absolute Gasteiger partial charge is 0.480 e. The number of fused-ring (bicyclic) bond motifs is 1. The second-order valence-corrected chi connectivity index (χ2v) is 7.04. The van der Waals surface area contributed by atoms with Gasteiger partial charge in [0.05, 0.1) is 24.3 Å². The quantitative estimate of drug-likeness (QED) is 0.311. The summed E-state index contributed by atoms with van der Waals surface area (Å²) in [5, 5.41) is 19.5. The number of carbonyl (C=O) groups is 2. The number of nitrogens with zero attached hydrogens (tertiary/aromatic N) is 3. The highest BCUT2D eigenvalue weighted by Gasteiger charge is 2.11. The Morgan fingerprint density at radius 1 is 0.971 bits per heavy atom. The van der Waals surface area contributed by atoms with Crippen molar-refractivity contribution in [3.8, 4) is 17.0 Å². The lowest BCUT2D eigenvalue weighted by Crippen LogP contribution is -2.25. The molecule has 0 radical (unpaired) electrons. The van der Waals surface area contributed by atoms with Gasteiger partial charge in [0, 0.05) is 17.4 Å². The Kier molecular flexibility index (Phi) is 8.90. The average molecular weight is 459 g/mol. The molecule has 0 atom stereocenters. The van der Waals surface area contributed by atoms with Gasteiger partial charge in [0.1, 0.15) is 30.6 Å². The minimum atomic E-state index is 0.168. The van der Waals surface area contributed by atoms with Crippen molar-refractivity contribution in [2.45, 2.75) is 13.8 Å². The van der Waals surface area contributed by atoms with Gasteiger partial charge < -0.3 is 19.6 Å². The molecule has 2 aromatic carbocycles. The number of pyridine rings is 1. The molecule has 174 valence electrons. The maximum Gasteiger partial charge on any atom is 0.237 e. The summed E-state index contributed by atoms with van der Waals surface area (Å²) in [5.74, 6) is 0.764. The predicted molar refractivity (Wildman–Crippen MR) is 133 cm³/mol. The van der Waals surface area contributed by atoms with Crippen molar-refractivity contribution in [1.82, 2.24) is 14.5 Å². The Balaban J connectivity index is 0.000000970. The van der Waals surface area contributed by atoms with Gasteiger partial charge >= 0.3 is 0 Å². The van der Waals surface area contributed by atoms with Crippen LogP contribution in [0, 0.1) is 17.7 Å². The number of hydrogen-bond donors (Lipinski definition) is 3. The smallest absolute Gasteiger partial charge is 0.237 e. The van der Waals surface area contributed by atoms with E-state index in [0.717, 1.165) is 28.0 Å². The van der Waals surface area contributed by atoms with Gasteiger partial charge in [0.25, 0.3) is 0 Å². The van der Waals surface area contributed by atoms with Crippen LogP contribution in [-0.2, 0) is 9.59 Å². The molecule has 0 saturated heterocycles. The van der Waals surface area contributed by atoms with Gasteiger partial charge in [0.2, 0.25) is 5.88 Å². The molecule has 2 aromatic heterocycles. The summed E-state index contributed by atoms with van der Waals surface area (Å²) in [6.45, 7) is 7.70. The van der Waals surface area contributed by atoms with Crippen LogP contribution in [0.15, 0.2) is 60.9 Å². The molecule has 3 N–H and O–H groups in total. The highest BCUT2D eigenvalue weighted by atomic mass is 16.5. The maximum atomic E-state index is 8.11. The average Bonchev–Trinajstić information content (AvgIpc) is 2.87. The monoisotopic (exact) mass is 458 g/mol. The molecule has 4 aromatic rings. The van der Waals surface area contributed by atoms with Crippen molar-refractivity contribution < 1.29 is 14.3 Å². The van der Waals surface area contributed by atoms with E-state index in [1.807, 2.05) is 69.0 Å². The molecular weight excluding hydrogens is 432 g/mol. The first-order valence-electron chi connectivity index (χ1n) is 10.0. The zero-order valence-corrected chi connectivity index (χ0v) is 19.3. The molecule has 0 amide bonds. The summed E-state index contributed by atoms with van der Waals surface area (Å²) < 4.78 is 6.99. The summed E-state index contributed by atoms with van der Waals surface area (Å²) in [5.41, 5.74) is 6.27. The van der Waals surface area contributed by atoms with Crippen LogP contribution in [-0.4, -0.2) is 41.1 Å². The Bertz CT molecular complexity index is 1350. The van der Waals surface area contributed by atoms with Gasteiger partial charge in [-0.05, 0) is 49.7 Å². The van der Waals surface area contributed by atoms with Crippen LogP contribution in [0.3, 0.4) is 0 Å². The Hall–Kier alpha value is -4.66. The minimum absolute atomic E-state index is 0.168. The molecular formula is C25H26N6O3. The van der Waals surface area contributed by atoms with Gasteiger partial charge in [-0.3, -0.25) is 20.4 Å². The fourth-order valence-corrected chi connectivity index (χ4v) is 3.33. The number of nitrogens with one attached hydrogen (secondary N) is 3. The fourth-order valence-electron chi connectivity index (χ4n) is 3.33. The highest BCUT2D eigenvalue weighted by molar-refractivity contribution is 5.91. The van der Waals surface area contributed by atoms with Gasteiger partial charge in [-0.1, -0.05) is 23.8 Å². The summed E-state index contributed by atoms with van der Waals surface area (Å²) in [4.78, 5) is 24.8. The maximum absolute atomic E-state index is 8.11. The lowest BCUT2D eigenvalue weighted by molar-refractivity contribution is -0.0987. The van der Waals surface area contributed by atoms with Crippen LogP contribution in [0.5, 0.6) is 5.88 Å². The minimum Gasteiger partial charge on any atom is -0.480 e. The van der Waals surface area contributed by atoms with Crippen molar-refractivity contribution in [2.24, 2.45) is 0 Å². The molecule has 0 aliphatic rings. The number of methoxy groups -OCH3 is 1. The highest BCUT2D eigenvalue weighted by Crippen LogP contribution is 2.31. The standard InChI is InChI=1S/C23H22N6O.2CH2O/c1-14-4-7-18(8-5-14)28-20-10-17(12-27-23(20)30-3)16-6-9-19-21(11-16)29(15(2)24)22(25)13-26-19;2*1-2/h4-13,24-25,28H,1-3H3;2*1H2. The van der Waals surface area contributed by atoms with Crippen molar-refractivity contribution in [2.75, 3.05) is 12.4 Å². The number of anilines is 2. The number of ether oxygens (including phenoxy) is 1. The molecule has 0 saturated carbocycles. The van der Waals surface area contributed by atoms with E-state index >= 15 is 0 Å². The molecule has 2 heterocycles. The van der Waals surface area contributed by atoms with Crippen molar-refractivity contribution in [3.05, 3.63) is 72.0 Å². The van der Waals surface area contributed by atoms with Crippen LogP contribution in [0.1, 0.15) is 12.5 Å². The predicted octanol–water partition coefficient (Wildman–Crippen LogP) is 4.11. The van der Waals surface area contributed by atoms with Crippen molar-refractivity contribution >= 4 is 41.8 Å². The Labute approximate surface area is 197 Å². The fraction of sp³-hybridized carbons (Fsp3) is 0.120. The summed E-state index contributed by atoms with van der Waals surface area (Å²) in [6, 6.07) is 15.9.